The molecule has 4 rings (SSSR count). The predicted octanol–water partition coefficient (Wildman–Crippen LogP) is -4.62. The molecule has 9 amide bonds. The second-order valence-electron chi connectivity index (χ2n) is 18.7. The number of aliphatic hydroxyl groups excluding tert-OH is 1. The number of likely N-dealkylation sites (N-methyl/N-ethyl adjacent to an activating group) is 1. The van der Waals surface area contributed by atoms with Crippen molar-refractivity contribution in [1.82, 2.24) is 56.9 Å². The minimum absolute atomic E-state index is 0.0573. The van der Waals surface area contributed by atoms with Gasteiger partial charge in [-0.2, -0.15) is 0 Å². The Kier molecular flexibility index (Phi) is 27.1. The Balaban J connectivity index is 1.37. The molecule has 0 bridgehead atoms. The van der Waals surface area contributed by atoms with Crippen LogP contribution in [0, 0.1) is 13.1 Å². The van der Waals surface area contributed by atoms with Crippen molar-refractivity contribution in [2.75, 3.05) is 45.5 Å². The van der Waals surface area contributed by atoms with E-state index in [9.17, 15) is 63.0 Å². The lowest BCUT2D eigenvalue weighted by Gasteiger charge is -2.30. The van der Waals surface area contributed by atoms with Crippen molar-refractivity contribution in [3.63, 3.8) is 0 Å². The number of carboxylic acid groups (broad SMARTS) is 1. The Hall–Kier alpha value is -6.39. The molecule has 3 aliphatic heterocycles. The lowest BCUT2D eigenvalue weighted by molar-refractivity contribution is -0.460. The lowest BCUT2D eigenvalue weighted by Crippen LogP contribution is -2.79. The van der Waals surface area contributed by atoms with Gasteiger partial charge < -0.3 is 61.6 Å². The van der Waals surface area contributed by atoms with Crippen molar-refractivity contribution in [3.05, 3.63) is 37.5 Å². The number of aliphatic carboxylic acids is 1. The van der Waals surface area contributed by atoms with Gasteiger partial charge in [-0.25, -0.2) is 10.3 Å². The second-order valence-corrected chi connectivity index (χ2v) is 21.2. The molecule has 0 aromatic carbocycles. The summed E-state index contributed by atoms with van der Waals surface area (Å²) in [7, 11) is 4.61. The van der Waals surface area contributed by atoms with E-state index in [1.807, 2.05) is 18.2 Å². The largest absolute Gasteiger partial charge is 0.550 e. The SMILES string of the molecule is CNC(C)C(=O)N[CH]C(=O)N1CCCC1C(=O)NC(CCC[NH+]=C(N)NC(=O)CCCCCNC(=O)CCSSc1ccccn1)C(=O)NC(CCC(=O)[O-])C(=O)N1CC(O)CC1C(=O)N[CH]C(=O)N1CCCC1C(C)=O. The highest BCUT2D eigenvalue weighted by Gasteiger charge is 2.43. The van der Waals surface area contributed by atoms with Gasteiger partial charge in [-0.05, 0) is 108 Å². The first-order valence-electron chi connectivity index (χ1n) is 25.8. The monoisotopic (exact) mass is 1120 g/mol. The van der Waals surface area contributed by atoms with Crippen molar-refractivity contribution in [1.29, 1.82) is 0 Å². The molecule has 1 aromatic heterocycles. The maximum atomic E-state index is 14.3. The number of nitrogens with one attached hydrogen (secondary N) is 8. The Bertz CT molecular complexity index is 2260. The van der Waals surface area contributed by atoms with Crippen LogP contribution in [-0.2, 0) is 52.7 Å². The molecule has 3 saturated heterocycles. The van der Waals surface area contributed by atoms with Crippen LogP contribution in [0.4, 0.5) is 0 Å². The molecular weight excluding hydrogens is 1040 g/mol. The average molecular weight is 1120 g/mol. The van der Waals surface area contributed by atoms with Gasteiger partial charge in [-0.15, -0.1) is 0 Å². The van der Waals surface area contributed by atoms with Gasteiger partial charge in [0.2, 0.25) is 47.3 Å². The number of unbranched alkanes of at least 4 members (excludes halogenated alkanes) is 2. The van der Waals surface area contributed by atoms with Crippen LogP contribution in [0.3, 0.4) is 0 Å². The third-order valence-electron chi connectivity index (χ3n) is 13.0. The van der Waals surface area contributed by atoms with Gasteiger partial charge in [0, 0.05) is 63.4 Å². The van der Waals surface area contributed by atoms with E-state index in [4.69, 9.17) is 5.73 Å². The number of carbonyl (C=O) groups excluding carboxylic acids is 11. The van der Waals surface area contributed by atoms with E-state index >= 15 is 0 Å². The van der Waals surface area contributed by atoms with E-state index in [1.54, 1.807) is 31.0 Å². The zero-order valence-corrected chi connectivity index (χ0v) is 45.3. The van der Waals surface area contributed by atoms with Crippen LogP contribution in [0.15, 0.2) is 29.4 Å². The first-order valence-corrected chi connectivity index (χ1v) is 28.1. The van der Waals surface area contributed by atoms with Crippen molar-refractivity contribution in [2.45, 2.75) is 151 Å². The molecule has 0 spiro atoms. The first kappa shape index (κ1) is 63.1. The Morgan fingerprint density at radius 1 is 0.818 bits per heavy atom. The second kappa shape index (κ2) is 33.0. The number of amides is 9. The number of carbonyl (C=O) groups is 11. The van der Waals surface area contributed by atoms with E-state index in [0.29, 0.717) is 57.2 Å². The van der Waals surface area contributed by atoms with E-state index in [2.05, 4.69) is 47.2 Å². The number of Topliss-reactive ketones (excluding diaryl/α,β-unsaturated/α-hetero) is 1. The molecule has 77 heavy (non-hydrogen) atoms. The number of pyridine rings is 1. The molecule has 0 saturated carbocycles. The highest BCUT2D eigenvalue weighted by Crippen LogP contribution is 2.29. The predicted molar refractivity (Wildman–Crippen MR) is 279 cm³/mol. The van der Waals surface area contributed by atoms with Gasteiger partial charge in [-0.3, -0.25) is 58.7 Å². The number of carboxylic acids is 1. The van der Waals surface area contributed by atoms with Crippen molar-refractivity contribution in [2.24, 2.45) is 5.73 Å². The summed E-state index contributed by atoms with van der Waals surface area (Å²) in [6, 6.07) is -1.17. The van der Waals surface area contributed by atoms with Crippen LogP contribution in [0.1, 0.15) is 104 Å². The number of aliphatic hydroxyl groups is 1. The molecule has 7 unspecified atom stereocenters. The maximum absolute atomic E-state index is 14.3. The summed E-state index contributed by atoms with van der Waals surface area (Å²) in [5.74, 6) is -7.01. The number of aromatic nitrogens is 1. The lowest BCUT2D eigenvalue weighted by atomic mass is 10.1. The average Bonchev–Trinajstić information content (AvgIpc) is 4.21. The molecular formula is C49H73N13O13S2. The summed E-state index contributed by atoms with van der Waals surface area (Å²) in [4.78, 5) is 154. The first-order chi connectivity index (χ1) is 36.8. The van der Waals surface area contributed by atoms with Gasteiger partial charge in [0.1, 0.15) is 42.3 Å². The summed E-state index contributed by atoms with van der Waals surface area (Å²) in [6.45, 7) is 5.31. The standard InChI is InChI=1S/C49H73N13O13S2/c1-30(51-3)44(71)55-27-42(68)61-24-11-14-36(61)47(74)57-33(12-9-22-54-49(50)59-39(66)15-5-4-7-20-52-38(65)19-25-76-77-40-16-6-8-21-53-40)45(72)58-34(17-18-43(69)70)48(75)62-29-32(64)26-37(62)46(73)56-28-41(67)60-23-10-13-35(60)31(2)63/h6,8,16,21,27-28,30,32-37,51,64H,4-5,7,9-15,17-20,22-26,29H2,1-3H3,(H,52,65)(H,55,71)(H,56,73)(H,57,74)(H,58,72)(H,69,70)(H3,50,54,59,66). The van der Waals surface area contributed by atoms with Crippen molar-refractivity contribution in [3.8, 4) is 0 Å². The summed E-state index contributed by atoms with van der Waals surface area (Å²) < 4.78 is 0. The Morgan fingerprint density at radius 3 is 2.19 bits per heavy atom. The molecule has 0 aliphatic carbocycles. The number of β-amino-alcohol motifs (C(OH)–C–C–N with tert-alkyl or cyclic N) is 1. The van der Waals surface area contributed by atoms with Crippen molar-refractivity contribution < 1.29 is 67.9 Å². The summed E-state index contributed by atoms with van der Waals surface area (Å²) in [5, 5.41) is 41.3. The van der Waals surface area contributed by atoms with Crippen LogP contribution in [0.2, 0.25) is 0 Å². The smallest absolute Gasteiger partial charge is 0.348 e. The van der Waals surface area contributed by atoms with Gasteiger partial charge in [0.15, 0.2) is 5.78 Å². The number of guanidine groups is 1. The normalized spacial score (nSPS) is 19.4. The van der Waals surface area contributed by atoms with E-state index in [1.165, 1.54) is 27.5 Å². The number of nitrogens with two attached hydrogens (primary N) is 1. The maximum Gasteiger partial charge on any atom is 0.348 e. The molecule has 424 valence electrons. The minimum Gasteiger partial charge on any atom is -0.550 e. The number of rotatable bonds is 31. The highest BCUT2D eigenvalue weighted by molar-refractivity contribution is 8.76. The zero-order chi connectivity index (χ0) is 56.4. The number of nitrogens with zero attached hydrogens (tertiary/aromatic N) is 4. The number of likely N-dealkylation sites (tertiary alicyclic amines) is 3. The highest BCUT2D eigenvalue weighted by atomic mass is 33.1. The van der Waals surface area contributed by atoms with Gasteiger partial charge in [0.25, 0.3) is 5.91 Å². The molecule has 3 fully saturated rings. The van der Waals surface area contributed by atoms with E-state index < -0.39 is 109 Å². The van der Waals surface area contributed by atoms with Gasteiger partial charge in [0.05, 0.1) is 24.7 Å². The van der Waals surface area contributed by atoms with Gasteiger partial charge in [-0.1, -0.05) is 23.3 Å². The molecule has 1 aromatic rings. The molecule has 4 heterocycles. The van der Waals surface area contributed by atoms with Crippen LogP contribution < -0.4 is 53.1 Å². The minimum atomic E-state index is -1.64. The molecule has 2 radical (unpaired) electrons. The fourth-order valence-corrected chi connectivity index (χ4v) is 10.6. The fraction of sp³-hybridized carbons (Fsp3) is 0.612. The van der Waals surface area contributed by atoms with E-state index in [-0.39, 0.29) is 75.3 Å². The summed E-state index contributed by atoms with van der Waals surface area (Å²) in [5.41, 5.74) is 6.06. The van der Waals surface area contributed by atoms with Crippen LogP contribution in [0.5, 0.6) is 0 Å². The van der Waals surface area contributed by atoms with Crippen LogP contribution in [0.25, 0.3) is 0 Å². The Morgan fingerprint density at radius 2 is 1.52 bits per heavy atom. The summed E-state index contributed by atoms with van der Waals surface area (Å²) >= 11 is 0. The molecule has 28 heteroatoms. The number of hydrogen-bond donors (Lipinski definition) is 10. The third-order valence-corrected chi connectivity index (χ3v) is 15.2. The van der Waals surface area contributed by atoms with Crippen LogP contribution in [-0.4, -0.2) is 184 Å². The molecule has 7 atom stereocenters. The zero-order valence-electron chi connectivity index (χ0n) is 43.7. The number of hydrogen-bond acceptors (Lipinski definition) is 17. The van der Waals surface area contributed by atoms with Crippen molar-refractivity contribution >= 4 is 92.5 Å². The number of ketones is 1. The molecule has 11 N–H and O–H groups in total. The van der Waals surface area contributed by atoms with Crippen LogP contribution >= 0.6 is 21.6 Å². The quantitative estimate of drug-likeness (QED) is 0.0145. The third kappa shape index (κ3) is 21.5. The van der Waals surface area contributed by atoms with Gasteiger partial charge >= 0.3 is 5.96 Å². The Labute approximate surface area is 455 Å². The molecule has 3 aliphatic rings. The van der Waals surface area contributed by atoms with E-state index in [0.717, 1.165) is 23.0 Å². The topological polar surface area (TPSA) is 378 Å². The summed E-state index contributed by atoms with van der Waals surface area (Å²) in [6.07, 6.45) is 2.94. The molecule has 26 nitrogen and oxygen atoms in total. The fourth-order valence-electron chi connectivity index (χ4n) is 8.70.